The van der Waals surface area contributed by atoms with Crippen LogP contribution in [-0.2, 0) is 19.1 Å². The lowest BCUT2D eigenvalue weighted by Gasteiger charge is -2.07. The number of hydrogen-bond acceptors (Lipinski definition) is 4. The van der Waals surface area contributed by atoms with E-state index in [-0.39, 0.29) is 12.5 Å². The molecule has 1 aliphatic carbocycles. The molecule has 2 unspecified atom stereocenters. The Hall–Kier alpha value is -1.32. The number of esters is 2. The second kappa shape index (κ2) is 2.58. The first-order chi connectivity index (χ1) is 6.21. The molecule has 4 nitrogen and oxygen atoms in total. The van der Waals surface area contributed by atoms with E-state index in [1.165, 1.54) is 6.08 Å². The van der Waals surface area contributed by atoms with Crippen molar-refractivity contribution in [2.24, 2.45) is 11.3 Å². The van der Waals surface area contributed by atoms with E-state index in [2.05, 4.69) is 6.58 Å². The average Bonchev–Trinajstić information content (AvgIpc) is 2.79. The second-order valence-corrected chi connectivity index (χ2v) is 3.36. The number of ether oxygens (including phenoxy) is 2. The van der Waals surface area contributed by atoms with Crippen LogP contribution in [0.5, 0.6) is 0 Å². The van der Waals surface area contributed by atoms with Crippen molar-refractivity contribution in [3.05, 3.63) is 12.7 Å². The molecule has 1 heterocycles. The maximum Gasteiger partial charge on any atom is 0.324 e. The van der Waals surface area contributed by atoms with Gasteiger partial charge in [0.25, 0.3) is 0 Å². The van der Waals surface area contributed by atoms with Crippen molar-refractivity contribution >= 4 is 11.9 Å². The quantitative estimate of drug-likeness (QED) is 0.357. The highest BCUT2D eigenvalue weighted by Crippen LogP contribution is 2.58. The number of cyclic esters (lactones) is 1. The van der Waals surface area contributed by atoms with Gasteiger partial charge < -0.3 is 9.47 Å². The zero-order chi connectivity index (χ0) is 9.47. The molecule has 70 valence electrons. The number of fused-ring (bicyclic) bond motifs is 1. The fourth-order valence-electron chi connectivity index (χ4n) is 1.68. The molecule has 4 heteroatoms. The van der Waals surface area contributed by atoms with Gasteiger partial charge in [-0.3, -0.25) is 9.59 Å². The molecule has 0 amide bonds. The molecule has 0 N–H and O–H groups in total. The van der Waals surface area contributed by atoms with Gasteiger partial charge in [-0.15, -0.1) is 0 Å². The third-order valence-electron chi connectivity index (χ3n) is 2.58. The normalized spacial score (nSPS) is 34.8. The second-order valence-electron chi connectivity index (χ2n) is 3.36. The molecule has 2 fully saturated rings. The monoisotopic (exact) mass is 182 g/mol. The molecule has 0 aromatic carbocycles. The van der Waals surface area contributed by atoms with E-state index in [0.29, 0.717) is 13.0 Å². The van der Waals surface area contributed by atoms with Gasteiger partial charge in [-0.2, -0.15) is 0 Å². The van der Waals surface area contributed by atoms with Crippen LogP contribution < -0.4 is 0 Å². The fourth-order valence-corrected chi connectivity index (χ4v) is 1.68. The van der Waals surface area contributed by atoms with Gasteiger partial charge >= 0.3 is 11.9 Å². The minimum Gasteiger partial charge on any atom is -0.464 e. The Morgan fingerprint density at radius 2 is 2.62 bits per heavy atom. The van der Waals surface area contributed by atoms with Gasteiger partial charge in [-0.25, -0.2) is 0 Å². The third kappa shape index (κ3) is 0.978. The zero-order valence-electron chi connectivity index (χ0n) is 7.12. The van der Waals surface area contributed by atoms with Crippen LogP contribution >= 0.6 is 0 Å². The van der Waals surface area contributed by atoms with Gasteiger partial charge in [-0.05, 0) is 6.42 Å². The molecule has 2 atom stereocenters. The summed E-state index contributed by atoms with van der Waals surface area (Å²) < 4.78 is 9.59. The van der Waals surface area contributed by atoms with Crippen molar-refractivity contribution in [1.29, 1.82) is 0 Å². The van der Waals surface area contributed by atoms with E-state index < -0.39 is 17.4 Å². The Balaban J connectivity index is 2.04. The van der Waals surface area contributed by atoms with Crippen LogP contribution in [0.3, 0.4) is 0 Å². The van der Waals surface area contributed by atoms with E-state index in [0.717, 1.165) is 0 Å². The molecular weight excluding hydrogens is 172 g/mol. The summed E-state index contributed by atoms with van der Waals surface area (Å²) in [4.78, 5) is 22.6. The largest absolute Gasteiger partial charge is 0.464 e. The van der Waals surface area contributed by atoms with E-state index >= 15 is 0 Å². The van der Waals surface area contributed by atoms with Gasteiger partial charge in [0.1, 0.15) is 6.61 Å². The number of carbonyl (C=O) groups excluding carboxylic acids is 2. The van der Waals surface area contributed by atoms with Gasteiger partial charge in [0.15, 0.2) is 5.41 Å². The first-order valence-electron chi connectivity index (χ1n) is 4.17. The predicted molar refractivity (Wildman–Crippen MR) is 42.7 cm³/mol. The highest BCUT2D eigenvalue weighted by atomic mass is 16.6. The lowest BCUT2D eigenvalue weighted by Crippen LogP contribution is -2.27. The maximum atomic E-state index is 11.4. The summed E-state index contributed by atoms with van der Waals surface area (Å²) in [6.45, 7) is 3.94. The Bertz CT molecular complexity index is 283. The Morgan fingerprint density at radius 1 is 1.85 bits per heavy atom. The van der Waals surface area contributed by atoms with Crippen LogP contribution in [0.4, 0.5) is 0 Å². The standard InChI is InChI=1S/C9H10O4/c1-2-3-12-7(10)9-4-6(9)5-13-8(9)11/h2,6H,1,3-5H2. The minimum absolute atomic E-state index is 0.0531. The van der Waals surface area contributed by atoms with Crippen LogP contribution in [0.15, 0.2) is 12.7 Å². The molecule has 0 aromatic rings. The predicted octanol–water partition coefficient (Wildman–Crippen LogP) is 0.279. The van der Waals surface area contributed by atoms with Crippen LogP contribution in [0.25, 0.3) is 0 Å². The van der Waals surface area contributed by atoms with Gasteiger partial charge in [0.05, 0.1) is 6.61 Å². The minimum atomic E-state index is -0.941. The Morgan fingerprint density at radius 3 is 3.08 bits per heavy atom. The van der Waals surface area contributed by atoms with Crippen LogP contribution in [0, 0.1) is 11.3 Å². The molecule has 2 aliphatic rings. The fraction of sp³-hybridized carbons (Fsp3) is 0.556. The molecule has 0 radical (unpaired) electrons. The van der Waals surface area contributed by atoms with Gasteiger partial charge in [0.2, 0.25) is 0 Å². The molecule has 2 rings (SSSR count). The summed E-state index contributed by atoms with van der Waals surface area (Å²) in [6.07, 6.45) is 2.06. The molecule has 0 spiro atoms. The Labute approximate surface area is 75.5 Å². The lowest BCUT2D eigenvalue weighted by molar-refractivity contribution is -0.159. The van der Waals surface area contributed by atoms with E-state index in [1.807, 2.05) is 0 Å². The zero-order valence-corrected chi connectivity index (χ0v) is 7.12. The summed E-state index contributed by atoms with van der Waals surface area (Å²) in [5, 5.41) is 0. The molecule has 1 saturated heterocycles. The highest BCUT2D eigenvalue weighted by molar-refractivity contribution is 6.05. The van der Waals surface area contributed by atoms with Crippen LogP contribution in [0.2, 0.25) is 0 Å². The summed E-state index contributed by atoms with van der Waals surface area (Å²) in [5.74, 6) is -0.830. The molecule has 1 saturated carbocycles. The van der Waals surface area contributed by atoms with Gasteiger partial charge in [0, 0.05) is 5.92 Å². The van der Waals surface area contributed by atoms with Crippen LogP contribution in [-0.4, -0.2) is 25.2 Å². The summed E-state index contributed by atoms with van der Waals surface area (Å²) in [7, 11) is 0. The van der Waals surface area contributed by atoms with E-state index in [1.54, 1.807) is 0 Å². The number of rotatable bonds is 3. The average molecular weight is 182 g/mol. The van der Waals surface area contributed by atoms with E-state index in [4.69, 9.17) is 9.47 Å². The van der Waals surface area contributed by atoms with E-state index in [9.17, 15) is 9.59 Å². The SMILES string of the molecule is C=CCOC(=O)C12CC1COC2=O. The highest BCUT2D eigenvalue weighted by Gasteiger charge is 2.72. The van der Waals surface area contributed by atoms with Crippen molar-refractivity contribution in [2.45, 2.75) is 6.42 Å². The van der Waals surface area contributed by atoms with Crippen molar-refractivity contribution in [1.82, 2.24) is 0 Å². The molecule has 0 bridgehead atoms. The number of carbonyl (C=O) groups is 2. The smallest absolute Gasteiger partial charge is 0.324 e. The van der Waals surface area contributed by atoms with Crippen LogP contribution in [0.1, 0.15) is 6.42 Å². The first-order valence-corrected chi connectivity index (χ1v) is 4.17. The molecular formula is C9H10O4. The molecule has 13 heavy (non-hydrogen) atoms. The molecule has 0 aromatic heterocycles. The lowest BCUT2D eigenvalue weighted by atomic mass is 10.1. The first kappa shape index (κ1) is 8.29. The van der Waals surface area contributed by atoms with Crippen molar-refractivity contribution in [3.8, 4) is 0 Å². The molecule has 1 aliphatic heterocycles. The summed E-state index contributed by atoms with van der Waals surface area (Å²) >= 11 is 0. The topological polar surface area (TPSA) is 52.6 Å². The summed E-state index contributed by atoms with van der Waals surface area (Å²) in [6, 6.07) is 0. The van der Waals surface area contributed by atoms with Gasteiger partial charge in [-0.1, -0.05) is 12.7 Å². The Kier molecular flexibility index (Phi) is 1.65. The van der Waals surface area contributed by atoms with Crippen molar-refractivity contribution in [2.75, 3.05) is 13.2 Å². The maximum absolute atomic E-state index is 11.4. The number of hydrogen-bond donors (Lipinski definition) is 0. The third-order valence-corrected chi connectivity index (χ3v) is 2.58. The summed E-state index contributed by atoms with van der Waals surface area (Å²) in [5.41, 5.74) is -0.941. The van der Waals surface area contributed by atoms with Crippen molar-refractivity contribution < 1.29 is 19.1 Å². The van der Waals surface area contributed by atoms with Crippen molar-refractivity contribution in [3.63, 3.8) is 0 Å².